The van der Waals surface area contributed by atoms with Gasteiger partial charge in [0.1, 0.15) is 5.82 Å². The van der Waals surface area contributed by atoms with Gasteiger partial charge in [0.25, 0.3) is 5.56 Å². The molecule has 0 bridgehead atoms. The van der Waals surface area contributed by atoms with E-state index >= 15 is 0 Å². The van der Waals surface area contributed by atoms with Crippen LogP contribution in [0.25, 0.3) is 11.0 Å². The van der Waals surface area contributed by atoms with E-state index in [9.17, 15) is 9.59 Å². The van der Waals surface area contributed by atoms with Gasteiger partial charge in [-0.1, -0.05) is 12.1 Å². The van der Waals surface area contributed by atoms with Crippen molar-refractivity contribution in [1.82, 2.24) is 19.7 Å². The number of imidazole rings is 1. The molecular weight excluding hydrogens is 332 g/mol. The van der Waals surface area contributed by atoms with Crippen molar-refractivity contribution in [1.29, 1.82) is 0 Å². The number of aryl methyl sites for hydroxylation is 1. The second-order valence-electron chi connectivity index (χ2n) is 6.53. The zero-order valence-corrected chi connectivity index (χ0v) is 14.5. The molecule has 3 heterocycles. The summed E-state index contributed by atoms with van der Waals surface area (Å²) in [6.07, 6.45) is 1.71. The van der Waals surface area contributed by atoms with Gasteiger partial charge in [-0.15, -0.1) is 0 Å². The number of anilines is 2. The molecule has 1 aliphatic rings. The number of aromatic amines is 1. The molecule has 0 unspecified atom stereocenters. The molecular formula is C18H20N6O2. The summed E-state index contributed by atoms with van der Waals surface area (Å²) >= 11 is 0. The monoisotopic (exact) mass is 352 g/mol. The van der Waals surface area contributed by atoms with E-state index < -0.39 is 0 Å². The SMILES string of the molecule is Cn1nc(N2CCC[C@H](C(=O)Nc3nc4ccccc4[nH]3)C2)ccc1=O. The van der Waals surface area contributed by atoms with Gasteiger partial charge in [0.05, 0.1) is 17.0 Å². The Morgan fingerprint density at radius 2 is 2.12 bits per heavy atom. The summed E-state index contributed by atoms with van der Waals surface area (Å²) in [5.41, 5.74) is 1.56. The summed E-state index contributed by atoms with van der Waals surface area (Å²) in [6, 6.07) is 10.9. The van der Waals surface area contributed by atoms with Crippen molar-refractivity contribution in [2.75, 3.05) is 23.3 Å². The minimum Gasteiger partial charge on any atom is -0.354 e. The molecule has 0 spiro atoms. The van der Waals surface area contributed by atoms with Crippen LogP contribution in [0.2, 0.25) is 0 Å². The molecule has 134 valence electrons. The fourth-order valence-electron chi connectivity index (χ4n) is 3.29. The number of piperidine rings is 1. The largest absolute Gasteiger partial charge is 0.354 e. The predicted octanol–water partition coefficient (Wildman–Crippen LogP) is 1.51. The van der Waals surface area contributed by atoms with E-state index in [1.807, 2.05) is 29.2 Å². The summed E-state index contributed by atoms with van der Waals surface area (Å²) < 4.78 is 1.31. The summed E-state index contributed by atoms with van der Waals surface area (Å²) in [7, 11) is 1.63. The number of nitrogens with zero attached hydrogens (tertiary/aromatic N) is 4. The van der Waals surface area contributed by atoms with E-state index in [0.717, 1.165) is 30.4 Å². The van der Waals surface area contributed by atoms with Crippen LogP contribution in [0.1, 0.15) is 12.8 Å². The van der Waals surface area contributed by atoms with E-state index in [1.54, 1.807) is 13.1 Å². The number of nitrogens with one attached hydrogen (secondary N) is 2. The first-order valence-electron chi connectivity index (χ1n) is 8.65. The number of hydrogen-bond acceptors (Lipinski definition) is 5. The van der Waals surface area contributed by atoms with Gasteiger partial charge in [-0.2, -0.15) is 5.10 Å². The van der Waals surface area contributed by atoms with Crippen molar-refractivity contribution in [2.45, 2.75) is 12.8 Å². The Morgan fingerprint density at radius 1 is 1.27 bits per heavy atom. The normalized spacial score (nSPS) is 17.4. The molecule has 1 aromatic carbocycles. The number of H-pyrrole nitrogens is 1. The van der Waals surface area contributed by atoms with E-state index in [4.69, 9.17) is 0 Å². The molecule has 2 aromatic heterocycles. The van der Waals surface area contributed by atoms with Crippen molar-refractivity contribution in [3.05, 3.63) is 46.8 Å². The minimum absolute atomic E-state index is 0.0569. The van der Waals surface area contributed by atoms with Gasteiger partial charge >= 0.3 is 0 Å². The fraction of sp³-hybridized carbons (Fsp3) is 0.333. The average molecular weight is 352 g/mol. The van der Waals surface area contributed by atoms with Crippen LogP contribution in [0, 0.1) is 5.92 Å². The molecule has 1 aliphatic heterocycles. The van der Waals surface area contributed by atoms with Crippen LogP contribution in [0.5, 0.6) is 0 Å². The molecule has 8 heteroatoms. The Bertz CT molecular complexity index is 975. The molecule has 2 N–H and O–H groups in total. The number of aromatic nitrogens is 4. The Labute approximate surface area is 149 Å². The lowest BCUT2D eigenvalue weighted by atomic mass is 9.97. The summed E-state index contributed by atoms with van der Waals surface area (Å²) in [5.74, 6) is 0.969. The molecule has 0 saturated carbocycles. The summed E-state index contributed by atoms with van der Waals surface area (Å²) in [4.78, 5) is 33.7. The van der Waals surface area contributed by atoms with Gasteiger partial charge < -0.3 is 9.88 Å². The van der Waals surface area contributed by atoms with Crippen LogP contribution in [0.4, 0.5) is 11.8 Å². The highest BCUT2D eigenvalue weighted by Crippen LogP contribution is 2.22. The first kappa shape index (κ1) is 16.3. The number of fused-ring (bicyclic) bond motifs is 1. The third-order valence-corrected chi connectivity index (χ3v) is 4.69. The molecule has 1 amide bonds. The molecule has 4 rings (SSSR count). The molecule has 1 atom stereocenters. The van der Waals surface area contributed by atoms with Crippen LogP contribution in [0.15, 0.2) is 41.2 Å². The molecule has 1 saturated heterocycles. The molecule has 1 fully saturated rings. The molecule has 0 aliphatic carbocycles. The summed E-state index contributed by atoms with van der Waals surface area (Å²) in [5, 5.41) is 7.17. The van der Waals surface area contributed by atoms with E-state index in [-0.39, 0.29) is 17.4 Å². The van der Waals surface area contributed by atoms with Gasteiger partial charge in [0.2, 0.25) is 11.9 Å². The van der Waals surface area contributed by atoms with Crippen LogP contribution in [-0.2, 0) is 11.8 Å². The number of amides is 1. The third kappa shape index (κ3) is 3.17. The van der Waals surface area contributed by atoms with E-state index in [1.165, 1.54) is 10.7 Å². The van der Waals surface area contributed by atoms with Crippen LogP contribution in [0.3, 0.4) is 0 Å². The Morgan fingerprint density at radius 3 is 2.92 bits per heavy atom. The highest BCUT2D eigenvalue weighted by Gasteiger charge is 2.27. The second kappa shape index (κ2) is 6.62. The van der Waals surface area contributed by atoms with Gasteiger partial charge in [0, 0.05) is 26.2 Å². The smallest absolute Gasteiger partial charge is 0.266 e. The van der Waals surface area contributed by atoms with E-state index in [2.05, 4.69) is 20.4 Å². The number of rotatable bonds is 3. The van der Waals surface area contributed by atoms with Crippen LogP contribution >= 0.6 is 0 Å². The van der Waals surface area contributed by atoms with Crippen molar-refractivity contribution >= 4 is 28.7 Å². The maximum Gasteiger partial charge on any atom is 0.266 e. The second-order valence-corrected chi connectivity index (χ2v) is 6.53. The topological polar surface area (TPSA) is 95.9 Å². The first-order valence-corrected chi connectivity index (χ1v) is 8.65. The quantitative estimate of drug-likeness (QED) is 0.745. The minimum atomic E-state index is -0.156. The first-order chi connectivity index (χ1) is 12.6. The van der Waals surface area contributed by atoms with Crippen LogP contribution < -0.4 is 15.8 Å². The lowest BCUT2D eigenvalue weighted by molar-refractivity contribution is -0.120. The van der Waals surface area contributed by atoms with Gasteiger partial charge in [0.15, 0.2) is 0 Å². The van der Waals surface area contributed by atoms with Crippen molar-refractivity contribution < 1.29 is 4.79 Å². The summed E-state index contributed by atoms with van der Waals surface area (Å²) in [6.45, 7) is 1.39. The van der Waals surface area contributed by atoms with Crippen molar-refractivity contribution in [2.24, 2.45) is 13.0 Å². The zero-order chi connectivity index (χ0) is 18.1. The standard InChI is InChI=1S/C18H20N6O2/c1-23-16(25)9-8-15(22-23)24-10-4-5-12(11-24)17(26)21-18-19-13-6-2-3-7-14(13)20-18/h2-3,6-9,12H,4-5,10-11H2,1H3,(H2,19,20,21,26)/t12-/m0/s1. The van der Waals surface area contributed by atoms with Crippen LogP contribution in [-0.4, -0.2) is 38.7 Å². The number of carbonyl (C=O) groups excluding carboxylic acids is 1. The average Bonchev–Trinajstić information content (AvgIpc) is 3.06. The van der Waals surface area contributed by atoms with Gasteiger partial charge in [-0.05, 0) is 31.0 Å². The number of hydrogen-bond donors (Lipinski definition) is 2. The highest BCUT2D eigenvalue weighted by atomic mass is 16.2. The van der Waals surface area contributed by atoms with Gasteiger partial charge in [-0.25, -0.2) is 9.67 Å². The fourth-order valence-corrected chi connectivity index (χ4v) is 3.29. The zero-order valence-electron chi connectivity index (χ0n) is 14.5. The Hall–Kier alpha value is -3.16. The van der Waals surface area contributed by atoms with Crippen molar-refractivity contribution in [3.8, 4) is 0 Å². The Balaban J connectivity index is 1.47. The van der Waals surface area contributed by atoms with E-state index in [0.29, 0.717) is 18.3 Å². The van der Waals surface area contributed by atoms with Crippen molar-refractivity contribution in [3.63, 3.8) is 0 Å². The number of benzene rings is 1. The molecule has 0 radical (unpaired) electrons. The molecule has 8 nitrogen and oxygen atoms in total. The lowest BCUT2D eigenvalue weighted by Crippen LogP contribution is -2.41. The Kier molecular flexibility index (Phi) is 4.16. The predicted molar refractivity (Wildman–Crippen MR) is 99.1 cm³/mol. The molecule has 26 heavy (non-hydrogen) atoms. The highest BCUT2D eigenvalue weighted by molar-refractivity contribution is 5.93. The lowest BCUT2D eigenvalue weighted by Gasteiger charge is -2.32. The number of carbonyl (C=O) groups is 1. The maximum absolute atomic E-state index is 12.7. The number of para-hydroxylation sites is 2. The van der Waals surface area contributed by atoms with Gasteiger partial charge in [-0.3, -0.25) is 14.9 Å². The third-order valence-electron chi connectivity index (χ3n) is 4.69. The maximum atomic E-state index is 12.7. The molecule has 3 aromatic rings.